The first-order valence-electron chi connectivity index (χ1n) is 6.76. The molecule has 3 heterocycles. The van der Waals surface area contributed by atoms with Gasteiger partial charge in [0.15, 0.2) is 5.82 Å². The predicted molar refractivity (Wildman–Crippen MR) is 71.7 cm³/mol. The minimum absolute atomic E-state index is 0.175. The summed E-state index contributed by atoms with van der Waals surface area (Å²) >= 11 is 0. The summed E-state index contributed by atoms with van der Waals surface area (Å²) in [6.07, 6.45) is 3.70. The van der Waals surface area contributed by atoms with E-state index in [1.54, 1.807) is 7.11 Å². The zero-order valence-electron chi connectivity index (χ0n) is 11.1. The minimum atomic E-state index is -0.175. The third-order valence-corrected chi connectivity index (χ3v) is 4.02. The molecule has 2 saturated heterocycles. The molecule has 0 aliphatic carbocycles. The monoisotopic (exact) mass is 264 g/mol. The second kappa shape index (κ2) is 4.94. The standard InChI is InChI=1S/C13H20N4O2/c1-19-7-12-15-11(14)6-13(16-12)17-8-2-3-9(17)5-10(18)4-8/h6,8-10,18H,2-5,7H2,1H3,(H2,14,15,16). The van der Waals surface area contributed by atoms with Gasteiger partial charge in [-0.25, -0.2) is 9.97 Å². The van der Waals surface area contributed by atoms with Crippen molar-refractivity contribution in [2.75, 3.05) is 17.7 Å². The molecule has 2 atom stereocenters. The third kappa shape index (κ3) is 2.37. The predicted octanol–water partition coefficient (Wildman–Crippen LogP) is 0.697. The van der Waals surface area contributed by atoms with Gasteiger partial charge < -0.3 is 20.5 Å². The van der Waals surface area contributed by atoms with Crippen molar-refractivity contribution in [2.45, 2.75) is 50.5 Å². The Morgan fingerprint density at radius 1 is 1.37 bits per heavy atom. The molecular formula is C13H20N4O2. The van der Waals surface area contributed by atoms with Gasteiger partial charge in [-0.05, 0) is 25.7 Å². The molecular weight excluding hydrogens is 244 g/mol. The molecule has 2 aliphatic heterocycles. The summed E-state index contributed by atoms with van der Waals surface area (Å²) in [5.74, 6) is 1.96. The number of nitrogens with zero attached hydrogens (tertiary/aromatic N) is 3. The molecule has 0 aromatic carbocycles. The fraction of sp³-hybridized carbons (Fsp3) is 0.692. The van der Waals surface area contributed by atoms with Crippen LogP contribution in [-0.2, 0) is 11.3 Å². The highest BCUT2D eigenvalue weighted by atomic mass is 16.5. The van der Waals surface area contributed by atoms with E-state index in [1.807, 2.05) is 6.07 Å². The average Bonchev–Trinajstić information content (AvgIpc) is 2.61. The van der Waals surface area contributed by atoms with Crippen LogP contribution in [0.4, 0.5) is 11.6 Å². The van der Waals surface area contributed by atoms with Gasteiger partial charge in [0.2, 0.25) is 0 Å². The lowest BCUT2D eigenvalue weighted by molar-refractivity contribution is 0.126. The van der Waals surface area contributed by atoms with E-state index in [4.69, 9.17) is 10.5 Å². The molecule has 6 nitrogen and oxygen atoms in total. The van der Waals surface area contributed by atoms with Gasteiger partial charge in [-0.3, -0.25) is 0 Å². The van der Waals surface area contributed by atoms with Crippen LogP contribution in [0.2, 0.25) is 0 Å². The first kappa shape index (κ1) is 12.6. The van der Waals surface area contributed by atoms with E-state index in [0.29, 0.717) is 30.3 Å². The quantitative estimate of drug-likeness (QED) is 0.836. The van der Waals surface area contributed by atoms with Crippen molar-refractivity contribution in [1.82, 2.24) is 9.97 Å². The summed E-state index contributed by atoms with van der Waals surface area (Å²) in [4.78, 5) is 11.0. The Bertz CT molecular complexity index is 454. The summed E-state index contributed by atoms with van der Waals surface area (Å²) in [5, 5.41) is 9.84. The van der Waals surface area contributed by atoms with Gasteiger partial charge in [-0.1, -0.05) is 0 Å². The number of aliphatic hydroxyl groups is 1. The van der Waals surface area contributed by atoms with Crippen LogP contribution in [0.3, 0.4) is 0 Å². The molecule has 0 saturated carbocycles. The number of methoxy groups -OCH3 is 1. The number of anilines is 2. The first-order valence-corrected chi connectivity index (χ1v) is 6.76. The van der Waals surface area contributed by atoms with E-state index in [-0.39, 0.29) is 6.10 Å². The number of nitrogen functional groups attached to an aromatic ring is 1. The number of rotatable bonds is 3. The SMILES string of the molecule is COCc1nc(N)cc(N2C3CCC2CC(O)C3)n1. The zero-order chi connectivity index (χ0) is 13.4. The normalized spacial score (nSPS) is 29.8. The molecule has 104 valence electrons. The molecule has 19 heavy (non-hydrogen) atoms. The van der Waals surface area contributed by atoms with Crippen molar-refractivity contribution in [2.24, 2.45) is 0 Å². The van der Waals surface area contributed by atoms with Gasteiger partial charge in [-0.2, -0.15) is 0 Å². The Hall–Kier alpha value is -1.40. The maximum atomic E-state index is 9.84. The highest BCUT2D eigenvalue weighted by molar-refractivity contribution is 5.50. The molecule has 0 spiro atoms. The van der Waals surface area contributed by atoms with Gasteiger partial charge in [0.25, 0.3) is 0 Å². The largest absolute Gasteiger partial charge is 0.393 e. The summed E-state index contributed by atoms with van der Waals surface area (Å²) in [5.41, 5.74) is 5.85. The van der Waals surface area contributed by atoms with Crippen molar-refractivity contribution in [3.8, 4) is 0 Å². The lowest BCUT2D eigenvalue weighted by Crippen LogP contribution is -2.45. The summed E-state index contributed by atoms with van der Waals surface area (Å²) < 4.78 is 5.07. The van der Waals surface area contributed by atoms with Gasteiger partial charge in [0.05, 0.1) is 6.10 Å². The van der Waals surface area contributed by atoms with Crippen LogP contribution < -0.4 is 10.6 Å². The van der Waals surface area contributed by atoms with Gasteiger partial charge in [0.1, 0.15) is 18.2 Å². The Kier molecular flexibility index (Phi) is 3.28. The van der Waals surface area contributed by atoms with E-state index in [0.717, 1.165) is 31.5 Å². The van der Waals surface area contributed by atoms with Crippen LogP contribution in [0.1, 0.15) is 31.5 Å². The molecule has 0 amide bonds. The number of aromatic nitrogens is 2. The second-order valence-corrected chi connectivity index (χ2v) is 5.42. The maximum Gasteiger partial charge on any atom is 0.158 e. The minimum Gasteiger partial charge on any atom is -0.393 e. The number of fused-ring (bicyclic) bond motifs is 2. The molecule has 2 unspecified atom stereocenters. The van der Waals surface area contributed by atoms with Crippen molar-refractivity contribution in [3.05, 3.63) is 11.9 Å². The van der Waals surface area contributed by atoms with Crippen LogP contribution in [0.25, 0.3) is 0 Å². The molecule has 3 rings (SSSR count). The van der Waals surface area contributed by atoms with Crippen molar-refractivity contribution < 1.29 is 9.84 Å². The molecule has 2 bridgehead atoms. The summed E-state index contributed by atoms with van der Waals surface area (Å²) in [6, 6.07) is 2.57. The van der Waals surface area contributed by atoms with Crippen LogP contribution in [0.5, 0.6) is 0 Å². The Morgan fingerprint density at radius 3 is 2.68 bits per heavy atom. The fourth-order valence-corrected chi connectivity index (χ4v) is 3.35. The molecule has 1 aromatic heterocycles. The number of ether oxygens (including phenoxy) is 1. The highest BCUT2D eigenvalue weighted by Gasteiger charge is 2.41. The van der Waals surface area contributed by atoms with E-state index in [2.05, 4.69) is 14.9 Å². The van der Waals surface area contributed by atoms with E-state index >= 15 is 0 Å². The van der Waals surface area contributed by atoms with E-state index < -0.39 is 0 Å². The smallest absolute Gasteiger partial charge is 0.158 e. The summed E-state index contributed by atoms with van der Waals surface area (Å²) in [6.45, 7) is 0.365. The average molecular weight is 264 g/mol. The molecule has 0 radical (unpaired) electrons. The van der Waals surface area contributed by atoms with Crippen LogP contribution in [0, 0.1) is 0 Å². The van der Waals surface area contributed by atoms with Gasteiger partial charge >= 0.3 is 0 Å². The number of nitrogens with two attached hydrogens (primary N) is 1. The lowest BCUT2D eigenvalue weighted by atomic mass is 10.00. The number of piperidine rings is 1. The Balaban J connectivity index is 1.90. The summed E-state index contributed by atoms with van der Waals surface area (Å²) in [7, 11) is 1.62. The van der Waals surface area contributed by atoms with Crippen molar-refractivity contribution in [1.29, 1.82) is 0 Å². The molecule has 2 fully saturated rings. The number of hydrogen-bond donors (Lipinski definition) is 2. The molecule has 6 heteroatoms. The van der Waals surface area contributed by atoms with Crippen LogP contribution in [-0.4, -0.2) is 40.4 Å². The topological polar surface area (TPSA) is 84.5 Å². The van der Waals surface area contributed by atoms with Gasteiger partial charge in [0, 0.05) is 25.3 Å². The first-order chi connectivity index (χ1) is 9.17. The molecule has 2 aliphatic rings. The second-order valence-electron chi connectivity index (χ2n) is 5.42. The van der Waals surface area contributed by atoms with Gasteiger partial charge in [-0.15, -0.1) is 0 Å². The molecule has 1 aromatic rings. The number of aliphatic hydroxyl groups excluding tert-OH is 1. The fourth-order valence-electron chi connectivity index (χ4n) is 3.35. The van der Waals surface area contributed by atoms with E-state index in [1.165, 1.54) is 0 Å². The Labute approximate surface area is 112 Å². The third-order valence-electron chi connectivity index (χ3n) is 4.02. The Morgan fingerprint density at radius 2 is 2.05 bits per heavy atom. The van der Waals surface area contributed by atoms with Crippen molar-refractivity contribution in [3.63, 3.8) is 0 Å². The van der Waals surface area contributed by atoms with Crippen LogP contribution in [0.15, 0.2) is 6.07 Å². The molecule has 3 N–H and O–H groups in total. The van der Waals surface area contributed by atoms with E-state index in [9.17, 15) is 5.11 Å². The number of hydrogen-bond acceptors (Lipinski definition) is 6. The zero-order valence-corrected chi connectivity index (χ0v) is 11.1. The highest BCUT2D eigenvalue weighted by Crippen LogP contribution is 2.38. The lowest BCUT2D eigenvalue weighted by Gasteiger charge is -2.38. The maximum absolute atomic E-state index is 9.84. The van der Waals surface area contributed by atoms with Crippen molar-refractivity contribution >= 4 is 11.6 Å². The van der Waals surface area contributed by atoms with Crippen LogP contribution >= 0.6 is 0 Å².